The highest BCUT2D eigenvalue weighted by atomic mass is 32.1. The molecule has 0 spiro atoms. The van der Waals surface area contributed by atoms with Crippen molar-refractivity contribution in [1.29, 1.82) is 0 Å². The van der Waals surface area contributed by atoms with E-state index in [1.165, 1.54) is 69.1 Å². The Morgan fingerprint density at radius 2 is 1.41 bits per heavy atom. The van der Waals surface area contributed by atoms with Crippen LogP contribution < -0.4 is 11.1 Å². The van der Waals surface area contributed by atoms with Gasteiger partial charge in [0.15, 0.2) is 0 Å². The van der Waals surface area contributed by atoms with Gasteiger partial charge in [-0.3, -0.25) is 9.59 Å². The zero-order chi connectivity index (χ0) is 20.1. The second-order valence-electron chi connectivity index (χ2n) is 7.39. The van der Waals surface area contributed by atoms with Crippen molar-refractivity contribution in [2.45, 2.75) is 104 Å². The van der Waals surface area contributed by atoms with Crippen LogP contribution in [0.15, 0.2) is 0 Å². The molecule has 1 heterocycles. The van der Waals surface area contributed by atoms with E-state index in [9.17, 15) is 9.59 Å². The van der Waals surface area contributed by atoms with Crippen molar-refractivity contribution < 1.29 is 9.59 Å². The molecule has 1 rings (SSSR count). The Bertz CT molecular complexity index is 581. The molecule has 0 aliphatic heterocycles. The van der Waals surface area contributed by atoms with Gasteiger partial charge in [-0.05, 0) is 25.3 Å². The van der Waals surface area contributed by atoms with Gasteiger partial charge in [-0.2, -0.15) is 0 Å². The lowest BCUT2D eigenvalue weighted by molar-refractivity contribution is -0.116. The number of primary amides is 1. The molecule has 1 aromatic rings. The van der Waals surface area contributed by atoms with E-state index in [0.717, 1.165) is 29.7 Å². The summed E-state index contributed by atoms with van der Waals surface area (Å²) >= 11 is 1.45. The fourth-order valence-corrected chi connectivity index (χ4v) is 4.66. The first kappa shape index (κ1) is 23.7. The summed E-state index contributed by atoms with van der Waals surface area (Å²) in [5.74, 6) is -0.474. The van der Waals surface area contributed by atoms with Gasteiger partial charge >= 0.3 is 0 Å². The molecule has 154 valence electrons. The number of carbonyl (C=O) groups excluding carboxylic acids is 2. The quantitative estimate of drug-likeness (QED) is 0.340. The summed E-state index contributed by atoms with van der Waals surface area (Å²) in [5.41, 5.74) is 6.96. The van der Waals surface area contributed by atoms with Crippen molar-refractivity contribution >= 4 is 28.2 Å². The van der Waals surface area contributed by atoms with Crippen LogP contribution in [0.5, 0.6) is 0 Å². The molecule has 27 heavy (non-hydrogen) atoms. The van der Waals surface area contributed by atoms with Gasteiger partial charge in [0.1, 0.15) is 5.00 Å². The average molecular weight is 395 g/mol. The summed E-state index contributed by atoms with van der Waals surface area (Å²) in [4.78, 5) is 25.0. The zero-order valence-corrected chi connectivity index (χ0v) is 18.3. The zero-order valence-electron chi connectivity index (χ0n) is 17.5. The van der Waals surface area contributed by atoms with E-state index in [0.29, 0.717) is 17.0 Å². The SMILES string of the molecule is CCCCCCCCCCCCCC(=O)Nc1sc(C)c(CC)c1C(N)=O. The third-order valence-corrected chi connectivity index (χ3v) is 6.13. The average Bonchev–Trinajstić information content (AvgIpc) is 2.94. The molecule has 0 atom stereocenters. The molecule has 4 nitrogen and oxygen atoms in total. The Morgan fingerprint density at radius 1 is 0.889 bits per heavy atom. The molecule has 0 aliphatic rings. The number of anilines is 1. The van der Waals surface area contributed by atoms with Crippen LogP contribution in [0.25, 0.3) is 0 Å². The van der Waals surface area contributed by atoms with Gasteiger partial charge in [0, 0.05) is 11.3 Å². The first-order valence-corrected chi connectivity index (χ1v) is 11.5. The van der Waals surface area contributed by atoms with Crippen molar-refractivity contribution in [3.63, 3.8) is 0 Å². The number of hydrogen-bond donors (Lipinski definition) is 2. The van der Waals surface area contributed by atoms with Crippen molar-refractivity contribution in [2.75, 3.05) is 5.32 Å². The van der Waals surface area contributed by atoms with Gasteiger partial charge in [0.25, 0.3) is 5.91 Å². The van der Waals surface area contributed by atoms with Crippen LogP contribution in [0.2, 0.25) is 0 Å². The van der Waals surface area contributed by atoms with Gasteiger partial charge in [0.05, 0.1) is 5.56 Å². The van der Waals surface area contributed by atoms with Crippen molar-refractivity contribution in [3.8, 4) is 0 Å². The Kier molecular flexibility index (Phi) is 12.1. The fourth-order valence-electron chi connectivity index (χ4n) is 3.49. The molecule has 5 heteroatoms. The Morgan fingerprint density at radius 3 is 1.89 bits per heavy atom. The van der Waals surface area contributed by atoms with E-state index >= 15 is 0 Å². The maximum atomic E-state index is 12.2. The third kappa shape index (κ3) is 8.91. The van der Waals surface area contributed by atoms with Gasteiger partial charge in [-0.1, -0.05) is 78.1 Å². The number of unbranched alkanes of at least 4 members (excludes halogenated alkanes) is 10. The topological polar surface area (TPSA) is 72.2 Å². The highest BCUT2D eigenvalue weighted by Gasteiger charge is 2.20. The molecule has 0 unspecified atom stereocenters. The van der Waals surface area contributed by atoms with Crippen molar-refractivity contribution in [1.82, 2.24) is 0 Å². The highest BCUT2D eigenvalue weighted by Crippen LogP contribution is 2.33. The standard InChI is InChI=1S/C22H38N2O2S/c1-4-6-7-8-9-10-11-12-13-14-15-16-19(25)24-22-20(21(23)26)18(5-2)17(3)27-22/h4-16H2,1-3H3,(H2,23,26)(H,24,25). The molecular formula is C22H38N2O2S. The number of nitrogens with two attached hydrogens (primary N) is 1. The largest absolute Gasteiger partial charge is 0.365 e. The molecular weight excluding hydrogens is 356 g/mol. The van der Waals surface area contributed by atoms with E-state index < -0.39 is 5.91 Å². The lowest BCUT2D eigenvalue weighted by Crippen LogP contribution is -2.17. The molecule has 0 aliphatic carbocycles. The maximum absolute atomic E-state index is 12.2. The number of nitrogens with one attached hydrogen (secondary N) is 1. The highest BCUT2D eigenvalue weighted by molar-refractivity contribution is 7.16. The molecule has 3 N–H and O–H groups in total. The molecule has 0 saturated heterocycles. The van der Waals surface area contributed by atoms with Crippen LogP contribution in [0.1, 0.15) is 112 Å². The number of thiophene rings is 1. The first-order chi connectivity index (χ1) is 13.0. The van der Waals surface area contributed by atoms with Crippen molar-refractivity contribution in [3.05, 3.63) is 16.0 Å². The van der Waals surface area contributed by atoms with E-state index in [4.69, 9.17) is 5.73 Å². The van der Waals surface area contributed by atoms with E-state index in [-0.39, 0.29) is 5.91 Å². The monoisotopic (exact) mass is 394 g/mol. The molecule has 0 bridgehead atoms. The smallest absolute Gasteiger partial charge is 0.251 e. The normalized spacial score (nSPS) is 10.9. The maximum Gasteiger partial charge on any atom is 0.251 e. The number of rotatable bonds is 15. The minimum atomic E-state index is -0.457. The minimum Gasteiger partial charge on any atom is -0.365 e. The summed E-state index contributed by atoms with van der Waals surface area (Å²) in [5, 5.41) is 3.52. The molecule has 0 saturated carbocycles. The fraction of sp³-hybridized carbons (Fsp3) is 0.727. The van der Waals surface area contributed by atoms with Crippen LogP contribution in [0.3, 0.4) is 0 Å². The summed E-state index contributed by atoms with van der Waals surface area (Å²) in [6.45, 7) is 6.22. The summed E-state index contributed by atoms with van der Waals surface area (Å²) in [7, 11) is 0. The second-order valence-corrected chi connectivity index (χ2v) is 8.62. The minimum absolute atomic E-state index is 0.0164. The first-order valence-electron chi connectivity index (χ1n) is 10.7. The van der Waals surface area contributed by atoms with Crippen LogP contribution in [0.4, 0.5) is 5.00 Å². The summed E-state index contributed by atoms with van der Waals surface area (Å²) < 4.78 is 0. The molecule has 1 aromatic heterocycles. The number of carbonyl (C=O) groups is 2. The second kappa shape index (κ2) is 13.8. The third-order valence-electron chi connectivity index (χ3n) is 5.07. The molecule has 0 fully saturated rings. The summed E-state index contributed by atoms with van der Waals surface area (Å²) in [6.07, 6.45) is 15.2. The van der Waals surface area contributed by atoms with Crippen molar-refractivity contribution in [2.24, 2.45) is 5.73 Å². The van der Waals surface area contributed by atoms with Gasteiger partial charge in [-0.25, -0.2) is 0 Å². The van der Waals surface area contributed by atoms with Crippen LogP contribution >= 0.6 is 11.3 Å². The van der Waals surface area contributed by atoms with Gasteiger partial charge < -0.3 is 11.1 Å². The Balaban J connectivity index is 2.19. The predicted octanol–water partition coefficient (Wildman–Crippen LogP) is 6.36. The lowest BCUT2D eigenvalue weighted by atomic mass is 10.1. The summed E-state index contributed by atoms with van der Waals surface area (Å²) in [6, 6.07) is 0. The molecule has 0 radical (unpaired) electrons. The molecule has 2 amide bonds. The van der Waals surface area contributed by atoms with E-state index in [1.807, 2.05) is 13.8 Å². The number of hydrogen-bond acceptors (Lipinski definition) is 3. The predicted molar refractivity (Wildman–Crippen MR) is 117 cm³/mol. The van der Waals surface area contributed by atoms with E-state index in [1.54, 1.807) is 0 Å². The van der Waals surface area contributed by atoms with E-state index in [2.05, 4.69) is 12.2 Å². The van der Waals surface area contributed by atoms with Crippen LogP contribution in [-0.4, -0.2) is 11.8 Å². The molecule has 0 aromatic carbocycles. The number of aryl methyl sites for hydroxylation is 1. The Labute approximate surface area is 169 Å². The Hall–Kier alpha value is -1.36. The van der Waals surface area contributed by atoms with Gasteiger partial charge in [-0.15, -0.1) is 11.3 Å². The van der Waals surface area contributed by atoms with Crippen LogP contribution in [0, 0.1) is 6.92 Å². The van der Waals surface area contributed by atoms with Gasteiger partial charge in [0.2, 0.25) is 5.91 Å². The number of amides is 2. The van der Waals surface area contributed by atoms with Crippen LogP contribution in [-0.2, 0) is 11.2 Å². The lowest BCUT2D eigenvalue weighted by Gasteiger charge is -2.06.